The first-order valence-electron chi connectivity index (χ1n) is 16.7. The van der Waals surface area contributed by atoms with Crippen molar-refractivity contribution in [2.75, 3.05) is 21.3 Å². The van der Waals surface area contributed by atoms with Crippen LogP contribution in [0.3, 0.4) is 0 Å². The molecule has 286 valence electrons. The van der Waals surface area contributed by atoms with Crippen molar-refractivity contribution < 1.29 is 82.9 Å². The average molecular weight is 807 g/mol. The van der Waals surface area contributed by atoms with Crippen molar-refractivity contribution >= 4 is 70.3 Å². The molecular formula is C44H23N4NaO11. The van der Waals surface area contributed by atoms with E-state index in [1.807, 2.05) is 0 Å². The van der Waals surface area contributed by atoms with Crippen molar-refractivity contribution in [3.8, 4) is 37.0 Å². The number of esters is 2. The number of carbonyl (C=O) groups is 8. The molecule has 8 rings (SSSR count). The Balaban J connectivity index is 0.000000222. The molecule has 4 amide bonds. The molecule has 0 fully saturated rings. The number of ether oxygens (including phenoxy) is 1. The molecular weight excluding hydrogens is 783 g/mol. The molecule has 0 spiro atoms. The molecule has 0 bridgehead atoms. The number of hydrogen-bond acceptors (Lipinski definition) is 12. The van der Waals surface area contributed by atoms with Crippen LogP contribution in [0.1, 0.15) is 99.6 Å². The summed E-state index contributed by atoms with van der Waals surface area (Å²) in [6.07, 6.45) is 15.9. The van der Waals surface area contributed by atoms with Gasteiger partial charge in [0.1, 0.15) is 0 Å². The summed E-state index contributed by atoms with van der Waals surface area (Å²) in [5, 5.41) is 20.3. The average Bonchev–Trinajstić information content (AvgIpc) is 3.75. The Morgan fingerprint density at radius 3 is 1.32 bits per heavy atom. The van der Waals surface area contributed by atoms with Gasteiger partial charge in [0.25, 0.3) is 23.6 Å². The third-order valence-corrected chi connectivity index (χ3v) is 8.80. The van der Waals surface area contributed by atoms with E-state index in [1.165, 1.54) is 72.8 Å². The van der Waals surface area contributed by atoms with Gasteiger partial charge in [0.05, 0.1) is 56.3 Å². The summed E-state index contributed by atoms with van der Waals surface area (Å²) in [6.45, 7) is 0. The standard InChI is InChI=1S/C27H12N2O6.C10H4O3.C7H8N2O2.Na/c1-3-14-5-7-19-21(9-14)25(32)28(23(19)30)17-11-16(27(34)35)12-18(13-17)29-24(31)20-8-6-15(4-2)10-22(20)26(29)33;1-2-6-3-4-7-8(5-6)10(12)13-9(7)11;8-5-1-4(7(10)11)2-6(9)3-5;/h1-2,5-13H,(H,34,35);1,3-5H;1-3H,8-9H2,(H,10,11);/q;;;+1/p-1. The van der Waals surface area contributed by atoms with Gasteiger partial charge in [-0.1, -0.05) is 17.8 Å². The van der Waals surface area contributed by atoms with E-state index in [0.717, 1.165) is 21.9 Å². The fourth-order valence-electron chi connectivity index (χ4n) is 6.08. The monoisotopic (exact) mass is 806 g/mol. The summed E-state index contributed by atoms with van der Waals surface area (Å²) in [5.41, 5.74) is 12.9. The molecule has 15 nitrogen and oxygen atoms in total. The summed E-state index contributed by atoms with van der Waals surface area (Å²) in [7, 11) is 0. The van der Waals surface area contributed by atoms with Gasteiger partial charge in [0.2, 0.25) is 0 Å². The van der Waals surface area contributed by atoms with Crippen LogP contribution in [-0.2, 0) is 4.74 Å². The van der Waals surface area contributed by atoms with Gasteiger partial charge in [0, 0.05) is 33.6 Å². The third-order valence-electron chi connectivity index (χ3n) is 8.80. The number of rotatable bonds is 4. The van der Waals surface area contributed by atoms with Crippen LogP contribution < -0.4 is 55.9 Å². The van der Waals surface area contributed by atoms with Crippen LogP contribution in [0.4, 0.5) is 22.7 Å². The van der Waals surface area contributed by atoms with Crippen molar-refractivity contribution in [1.82, 2.24) is 0 Å². The smallest absolute Gasteiger partial charge is 0.545 e. The Bertz CT molecular complexity index is 2780. The van der Waals surface area contributed by atoms with E-state index >= 15 is 0 Å². The molecule has 0 saturated heterocycles. The molecule has 5 N–H and O–H groups in total. The van der Waals surface area contributed by atoms with Gasteiger partial charge < -0.3 is 31.2 Å². The molecule has 5 aromatic carbocycles. The molecule has 16 heteroatoms. The van der Waals surface area contributed by atoms with Gasteiger partial charge in [-0.3, -0.25) is 19.2 Å². The molecule has 0 saturated carbocycles. The van der Waals surface area contributed by atoms with Crippen molar-refractivity contribution in [2.24, 2.45) is 0 Å². The summed E-state index contributed by atoms with van der Waals surface area (Å²) >= 11 is 0. The van der Waals surface area contributed by atoms with E-state index in [-0.39, 0.29) is 79.9 Å². The van der Waals surface area contributed by atoms with Gasteiger partial charge in [-0.25, -0.2) is 24.2 Å². The number of carbonyl (C=O) groups excluding carboxylic acids is 7. The number of nitrogen functional groups attached to an aromatic ring is 2. The first-order chi connectivity index (χ1) is 28.1. The Morgan fingerprint density at radius 2 is 0.917 bits per heavy atom. The maximum absolute atomic E-state index is 13.1. The topological polar surface area (TPSA) is 248 Å². The first-order valence-corrected chi connectivity index (χ1v) is 16.7. The summed E-state index contributed by atoms with van der Waals surface area (Å²) in [5.74, 6) is 0.355. The number of hydrogen-bond donors (Lipinski definition) is 3. The third kappa shape index (κ3) is 8.11. The molecule has 0 atom stereocenters. The summed E-state index contributed by atoms with van der Waals surface area (Å²) < 4.78 is 4.38. The number of nitrogens with zero attached hydrogens (tertiary/aromatic N) is 2. The number of carboxylic acids is 2. The maximum atomic E-state index is 13.1. The van der Waals surface area contributed by atoms with E-state index in [1.54, 1.807) is 6.07 Å². The van der Waals surface area contributed by atoms with Gasteiger partial charge in [0.15, 0.2) is 0 Å². The largest absolute Gasteiger partial charge is 1.00 e. The number of carboxylic acid groups (broad SMARTS) is 2. The van der Waals surface area contributed by atoms with E-state index in [2.05, 4.69) is 22.5 Å². The zero-order valence-electron chi connectivity index (χ0n) is 31.0. The minimum atomic E-state index is -1.63. The fourth-order valence-corrected chi connectivity index (χ4v) is 6.08. The summed E-state index contributed by atoms with van der Waals surface area (Å²) in [6, 6.07) is 20.7. The molecule has 0 aliphatic carbocycles. The second-order valence-corrected chi connectivity index (χ2v) is 12.5. The molecule has 60 heavy (non-hydrogen) atoms. The molecule has 0 unspecified atom stereocenters. The van der Waals surface area contributed by atoms with Crippen LogP contribution in [0.5, 0.6) is 0 Å². The molecule has 0 radical (unpaired) electrons. The van der Waals surface area contributed by atoms with E-state index < -0.39 is 53.1 Å². The molecule has 3 aliphatic rings. The number of imide groups is 2. The number of amides is 4. The number of anilines is 4. The molecule has 3 aliphatic heterocycles. The van der Waals surface area contributed by atoms with Gasteiger partial charge in [-0.05, 0) is 91.0 Å². The zero-order valence-corrected chi connectivity index (χ0v) is 33.0. The molecule has 3 heterocycles. The molecule has 0 aromatic heterocycles. The minimum absolute atomic E-state index is 0. The predicted molar refractivity (Wildman–Crippen MR) is 208 cm³/mol. The van der Waals surface area contributed by atoms with Crippen molar-refractivity contribution in [3.05, 3.63) is 152 Å². The first kappa shape index (κ1) is 42.9. The van der Waals surface area contributed by atoms with Crippen LogP contribution in [0.15, 0.2) is 91.0 Å². The quantitative estimate of drug-likeness (QED) is 0.0547. The van der Waals surface area contributed by atoms with Gasteiger partial charge in [-0.15, -0.1) is 19.3 Å². The normalized spacial score (nSPS) is 12.8. The second kappa shape index (κ2) is 17.1. The number of terminal acetylenes is 3. The summed E-state index contributed by atoms with van der Waals surface area (Å²) in [4.78, 5) is 97.9. The Kier molecular flexibility index (Phi) is 12.2. The van der Waals surface area contributed by atoms with Crippen LogP contribution in [-0.4, -0.2) is 52.6 Å². The van der Waals surface area contributed by atoms with Gasteiger partial charge >= 0.3 is 47.5 Å². The molecule has 5 aromatic rings. The number of benzene rings is 5. The van der Waals surface area contributed by atoms with Crippen LogP contribution >= 0.6 is 0 Å². The Hall–Kier alpha value is -8.26. The number of fused-ring (bicyclic) bond motifs is 3. The van der Waals surface area contributed by atoms with E-state index in [4.69, 9.17) is 35.8 Å². The Labute approximate surface area is 361 Å². The SMILES string of the molecule is C#Cc1ccc2c(c1)C(=O)N(c1cc(C(=O)[O-])cc(N3C(=O)c4ccc(C#C)cc4C3=O)c1)C2=O.C#Cc1ccc2c(c1)C(=O)OC2=O.Nc1cc(N)cc(C(=O)O)c1.[Na+]. The number of nitrogens with two attached hydrogens (primary N) is 2. The van der Waals surface area contributed by atoms with Crippen molar-refractivity contribution in [2.45, 2.75) is 0 Å². The van der Waals surface area contributed by atoms with Crippen LogP contribution in [0, 0.1) is 37.0 Å². The number of aromatic carboxylic acids is 2. The fraction of sp³-hybridized carbons (Fsp3) is 0. The Morgan fingerprint density at radius 1 is 0.533 bits per heavy atom. The van der Waals surface area contributed by atoms with Crippen molar-refractivity contribution in [3.63, 3.8) is 0 Å². The van der Waals surface area contributed by atoms with Crippen molar-refractivity contribution in [1.29, 1.82) is 0 Å². The van der Waals surface area contributed by atoms with E-state index in [9.17, 15) is 43.5 Å². The van der Waals surface area contributed by atoms with Gasteiger partial charge in [-0.2, -0.15) is 0 Å². The van der Waals surface area contributed by atoms with Crippen LogP contribution in [0.2, 0.25) is 0 Å². The minimum Gasteiger partial charge on any atom is -0.545 e. The maximum Gasteiger partial charge on any atom is 1.00 e. The van der Waals surface area contributed by atoms with Crippen LogP contribution in [0.25, 0.3) is 0 Å². The predicted octanol–water partition coefficient (Wildman–Crippen LogP) is 0.146. The second-order valence-electron chi connectivity index (χ2n) is 12.5. The number of cyclic esters (lactones) is 2. The zero-order chi connectivity index (χ0) is 42.9. The van der Waals surface area contributed by atoms with E-state index in [0.29, 0.717) is 28.1 Å².